The van der Waals surface area contributed by atoms with Gasteiger partial charge in [0.2, 0.25) is 0 Å². The van der Waals surface area contributed by atoms with Gasteiger partial charge in [0.1, 0.15) is 0 Å². The van der Waals surface area contributed by atoms with Crippen LogP contribution in [-0.2, 0) is 0 Å². The molecule has 1 aromatic rings. The van der Waals surface area contributed by atoms with Crippen LogP contribution < -0.4 is 0 Å². The van der Waals surface area contributed by atoms with E-state index < -0.39 is 11.6 Å². The Morgan fingerprint density at radius 1 is 0.923 bits per heavy atom. The minimum Gasteiger partial charge on any atom is -0.204 e. The second kappa shape index (κ2) is 9.36. The highest BCUT2D eigenvalue weighted by atomic mass is 19.2. The summed E-state index contributed by atoms with van der Waals surface area (Å²) in [7, 11) is 0. The Morgan fingerprint density at radius 3 is 2.19 bits per heavy atom. The minimum atomic E-state index is -0.841. The van der Waals surface area contributed by atoms with Gasteiger partial charge in [0.15, 0.2) is 11.6 Å². The van der Waals surface area contributed by atoms with Gasteiger partial charge in [-0.25, -0.2) is 8.78 Å². The van der Waals surface area contributed by atoms with E-state index >= 15 is 0 Å². The third-order valence-corrected chi connectivity index (χ3v) is 6.54. The van der Waals surface area contributed by atoms with Gasteiger partial charge in [0, 0.05) is 5.56 Å². The quantitative estimate of drug-likeness (QED) is 0.517. The molecule has 0 saturated heterocycles. The summed E-state index contributed by atoms with van der Waals surface area (Å²) >= 11 is 0. The molecular weight excluding hydrogens is 326 g/mol. The fourth-order valence-electron chi connectivity index (χ4n) is 4.76. The van der Waals surface area contributed by atoms with Gasteiger partial charge in [0.25, 0.3) is 0 Å². The summed E-state index contributed by atoms with van der Waals surface area (Å²) < 4.78 is 26.0. The average Bonchev–Trinajstić information content (AvgIpc) is 2.68. The Morgan fingerprint density at radius 2 is 1.58 bits per heavy atom. The van der Waals surface area contributed by atoms with Crippen molar-refractivity contribution in [2.45, 2.75) is 64.7 Å². The van der Waals surface area contributed by atoms with E-state index in [-0.39, 0.29) is 0 Å². The van der Waals surface area contributed by atoms with Crippen molar-refractivity contribution in [1.82, 2.24) is 0 Å². The monoisotopic (exact) mass is 356 g/mol. The Labute approximate surface area is 157 Å². The zero-order valence-electron chi connectivity index (χ0n) is 15.8. The van der Waals surface area contributed by atoms with E-state index in [0.29, 0.717) is 11.5 Å². The van der Waals surface area contributed by atoms with Crippen LogP contribution in [0.2, 0.25) is 0 Å². The maximum atomic E-state index is 13.2. The number of allylic oxidation sites excluding steroid dienone is 2. The Bertz CT molecular complexity index is 663. The van der Waals surface area contributed by atoms with Gasteiger partial charge in [-0.3, -0.25) is 0 Å². The molecule has 2 saturated carbocycles. The number of hydrogen-bond acceptors (Lipinski definition) is 0. The zero-order chi connectivity index (χ0) is 18.4. The highest BCUT2D eigenvalue weighted by Gasteiger charge is 2.29. The SMILES string of the molecule is CC[C@H]1CC[C@H](C2CCC(/C=C/C#Cc3ccc(F)c(F)c3)CC2)CC1. The number of rotatable bonds is 3. The molecule has 0 amide bonds. The summed E-state index contributed by atoms with van der Waals surface area (Å²) in [5, 5.41) is 0. The van der Waals surface area contributed by atoms with E-state index in [1.165, 1.54) is 63.9 Å². The first-order valence-electron chi connectivity index (χ1n) is 10.3. The van der Waals surface area contributed by atoms with Crippen molar-refractivity contribution in [3.05, 3.63) is 47.5 Å². The topological polar surface area (TPSA) is 0 Å². The maximum absolute atomic E-state index is 13.2. The van der Waals surface area contributed by atoms with E-state index in [1.54, 1.807) is 0 Å². The van der Waals surface area contributed by atoms with Gasteiger partial charge in [-0.2, -0.15) is 0 Å². The highest BCUT2D eigenvalue weighted by Crippen LogP contribution is 2.42. The molecule has 140 valence electrons. The van der Waals surface area contributed by atoms with Crippen LogP contribution in [0.15, 0.2) is 30.4 Å². The molecule has 0 nitrogen and oxygen atoms in total. The van der Waals surface area contributed by atoms with Crippen molar-refractivity contribution in [2.24, 2.45) is 23.7 Å². The molecule has 0 heterocycles. The molecule has 3 rings (SSSR count). The lowest BCUT2D eigenvalue weighted by atomic mass is 9.69. The van der Waals surface area contributed by atoms with Crippen molar-refractivity contribution in [3.8, 4) is 11.8 Å². The third kappa shape index (κ3) is 5.19. The van der Waals surface area contributed by atoms with Gasteiger partial charge in [-0.05, 0) is 86.5 Å². The van der Waals surface area contributed by atoms with Crippen molar-refractivity contribution < 1.29 is 8.78 Å². The predicted octanol–water partition coefficient (Wildman–Crippen LogP) is 6.90. The summed E-state index contributed by atoms with van der Waals surface area (Å²) in [6, 6.07) is 3.78. The molecule has 2 heteroatoms. The maximum Gasteiger partial charge on any atom is 0.160 e. The lowest BCUT2D eigenvalue weighted by molar-refractivity contribution is 0.154. The first kappa shape index (κ1) is 19.2. The van der Waals surface area contributed by atoms with Crippen LogP contribution in [0.5, 0.6) is 0 Å². The highest BCUT2D eigenvalue weighted by molar-refractivity contribution is 5.37. The number of halogens is 2. The molecule has 0 aromatic heterocycles. The van der Waals surface area contributed by atoms with Crippen molar-refractivity contribution in [1.29, 1.82) is 0 Å². The molecule has 0 radical (unpaired) electrons. The average molecular weight is 357 g/mol. The molecule has 2 aliphatic carbocycles. The minimum absolute atomic E-state index is 0.514. The van der Waals surface area contributed by atoms with E-state index in [2.05, 4.69) is 24.8 Å². The molecule has 2 fully saturated rings. The van der Waals surface area contributed by atoms with E-state index in [9.17, 15) is 8.78 Å². The Hall–Kier alpha value is -1.62. The van der Waals surface area contributed by atoms with Crippen molar-refractivity contribution >= 4 is 0 Å². The molecule has 2 aliphatic rings. The van der Waals surface area contributed by atoms with Crippen molar-refractivity contribution in [3.63, 3.8) is 0 Å². The number of benzene rings is 1. The largest absolute Gasteiger partial charge is 0.204 e. The second-order valence-electron chi connectivity index (χ2n) is 8.12. The second-order valence-corrected chi connectivity index (χ2v) is 8.12. The summed E-state index contributed by atoms with van der Waals surface area (Å²) in [6.07, 6.45) is 16.5. The molecule has 0 bridgehead atoms. The summed E-state index contributed by atoms with van der Waals surface area (Å²) in [5.41, 5.74) is 0.514. The molecule has 1 aromatic carbocycles. The van der Waals surface area contributed by atoms with E-state index in [0.717, 1.165) is 29.9 Å². The van der Waals surface area contributed by atoms with Gasteiger partial charge < -0.3 is 0 Å². The summed E-state index contributed by atoms with van der Waals surface area (Å²) in [4.78, 5) is 0. The zero-order valence-corrected chi connectivity index (χ0v) is 15.8. The smallest absolute Gasteiger partial charge is 0.160 e. The lowest BCUT2D eigenvalue weighted by Gasteiger charge is -2.37. The molecule has 26 heavy (non-hydrogen) atoms. The van der Waals surface area contributed by atoms with Crippen LogP contribution in [0.3, 0.4) is 0 Å². The van der Waals surface area contributed by atoms with Crippen molar-refractivity contribution in [2.75, 3.05) is 0 Å². The fraction of sp³-hybridized carbons (Fsp3) is 0.583. The van der Waals surface area contributed by atoms with Crippen LogP contribution in [0.25, 0.3) is 0 Å². The van der Waals surface area contributed by atoms with Gasteiger partial charge >= 0.3 is 0 Å². The molecular formula is C24H30F2. The standard InChI is InChI=1S/C24H30F2/c1-2-18-7-12-21(13-8-18)22-14-9-19(10-15-22)5-3-4-6-20-11-16-23(25)24(26)17-20/h3,5,11,16-19,21-22H,2,7-10,12-15H2,1H3/b5-3+/t18-,19?,21-,22?. The normalized spacial score (nSPS) is 29.3. The van der Waals surface area contributed by atoms with E-state index in [4.69, 9.17) is 0 Å². The Balaban J connectivity index is 1.43. The number of hydrogen-bond donors (Lipinski definition) is 0. The summed E-state index contributed by atoms with van der Waals surface area (Å²) in [6.45, 7) is 2.33. The summed E-state index contributed by atoms with van der Waals surface area (Å²) in [5.74, 6) is 7.68. The van der Waals surface area contributed by atoms with Crippen LogP contribution in [-0.4, -0.2) is 0 Å². The third-order valence-electron chi connectivity index (χ3n) is 6.54. The van der Waals surface area contributed by atoms with Crippen LogP contribution in [0.1, 0.15) is 70.3 Å². The molecule has 0 atom stereocenters. The molecule has 0 aliphatic heterocycles. The van der Waals surface area contributed by atoms with Crippen LogP contribution >= 0.6 is 0 Å². The van der Waals surface area contributed by atoms with Gasteiger partial charge in [-0.15, -0.1) is 0 Å². The van der Waals surface area contributed by atoms with Gasteiger partial charge in [0.05, 0.1) is 0 Å². The first-order chi connectivity index (χ1) is 12.7. The first-order valence-corrected chi connectivity index (χ1v) is 10.3. The van der Waals surface area contributed by atoms with Crippen LogP contribution in [0.4, 0.5) is 8.78 Å². The fourth-order valence-corrected chi connectivity index (χ4v) is 4.76. The molecule has 0 unspecified atom stereocenters. The van der Waals surface area contributed by atoms with Crippen LogP contribution in [0, 0.1) is 47.1 Å². The molecule has 0 spiro atoms. The van der Waals surface area contributed by atoms with E-state index in [1.807, 2.05) is 6.08 Å². The molecule has 0 N–H and O–H groups in total. The Kier molecular flexibility index (Phi) is 6.89. The lowest BCUT2D eigenvalue weighted by Crippen LogP contribution is -2.25. The van der Waals surface area contributed by atoms with Gasteiger partial charge in [-0.1, -0.05) is 44.1 Å². The predicted molar refractivity (Wildman–Crippen MR) is 104 cm³/mol.